The minimum absolute atomic E-state index is 0.474. The van der Waals surface area contributed by atoms with Crippen LogP contribution in [0.25, 0.3) is 0 Å². The second-order valence-electron chi connectivity index (χ2n) is 6.06. The van der Waals surface area contributed by atoms with E-state index in [0.717, 1.165) is 24.2 Å². The average molecular weight is 260 g/mol. The number of pyridine rings is 1. The summed E-state index contributed by atoms with van der Waals surface area (Å²) in [6.45, 7) is 2.93. The Balaban J connectivity index is 1.79. The summed E-state index contributed by atoms with van der Waals surface area (Å²) < 4.78 is 0. The lowest BCUT2D eigenvalue weighted by Crippen LogP contribution is -2.46. The number of hydrogen-bond donors (Lipinski definition) is 1. The maximum atomic E-state index is 9.54. The molecule has 1 aromatic heterocycles. The Hall–Kier alpha value is -1.09. The van der Waals surface area contributed by atoms with Gasteiger partial charge in [-0.2, -0.15) is 0 Å². The van der Waals surface area contributed by atoms with Crippen LogP contribution in [-0.2, 0) is 0 Å². The van der Waals surface area contributed by atoms with Gasteiger partial charge in [0.25, 0.3) is 0 Å². The smallest absolute Gasteiger partial charge is 0.0931 e. The standard InChI is InChI=1S/C16H24N2O/c1-12(19)15-9-8-14(11-17-15)18-10-4-6-13-5-2-3-7-16(13)18/h8-9,11-13,16,19H,2-7,10H2,1H3/t12-,13+,16+/m0/s1. The van der Waals surface area contributed by atoms with Gasteiger partial charge in [0.1, 0.15) is 0 Å². The third-order valence-corrected chi connectivity index (χ3v) is 4.77. The molecule has 19 heavy (non-hydrogen) atoms. The largest absolute Gasteiger partial charge is 0.387 e. The molecule has 1 aromatic rings. The van der Waals surface area contributed by atoms with Crippen LogP contribution < -0.4 is 4.90 Å². The fourth-order valence-corrected chi connectivity index (χ4v) is 3.76. The normalized spacial score (nSPS) is 28.8. The highest BCUT2D eigenvalue weighted by atomic mass is 16.3. The van der Waals surface area contributed by atoms with Gasteiger partial charge in [0, 0.05) is 12.6 Å². The summed E-state index contributed by atoms with van der Waals surface area (Å²) >= 11 is 0. The summed E-state index contributed by atoms with van der Waals surface area (Å²) in [6, 6.07) is 4.82. The number of aromatic nitrogens is 1. The number of hydrogen-bond acceptors (Lipinski definition) is 3. The van der Waals surface area contributed by atoms with Gasteiger partial charge in [-0.15, -0.1) is 0 Å². The summed E-state index contributed by atoms with van der Waals surface area (Å²) in [5.74, 6) is 0.888. The van der Waals surface area contributed by atoms with Crippen molar-refractivity contribution in [3.05, 3.63) is 24.0 Å². The molecule has 3 nitrogen and oxygen atoms in total. The first-order chi connectivity index (χ1) is 9.25. The van der Waals surface area contributed by atoms with Gasteiger partial charge < -0.3 is 10.0 Å². The van der Waals surface area contributed by atoms with Crippen molar-refractivity contribution in [1.82, 2.24) is 4.98 Å². The highest BCUT2D eigenvalue weighted by Gasteiger charge is 2.33. The van der Waals surface area contributed by atoms with Crippen LogP contribution in [0.3, 0.4) is 0 Å². The Morgan fingerprint density at radius 3 is 2.74 bits per heavy atom. The third-order valence-electron chi connectivity index (χ3n) is 4.77. The van der Waals surface area contributed by atoms with E-state index in [1.807, 2.05) is 12.3 Å². The summed E-state index contributed by atoms with van der Waals surface area (Å²) in [7, 11) is 0. The fourth-order valence-electron chi connectivity index (χ4n) is 3.76. The predicted molar refractivity (Wildman–Crippen MR) is 77.2 cm³/mol. The van der Waals surface area contributed by atoms with E-state index in [0.29, 0.717) is 0 Å². The van der Waals surface area contributed by atoms with Crippen molar-refractivity contribution in [1.29, 1.82) is 0 Å². The zero-order chi connectivity index (χ0) is 13.2. The van der Waals surface area contributed by atoms with Crippen LogP contribution in [0.2, 0.25) is 0 Å². The summed E-state index contributed by atoms with van der Waals surface area (Å²) in [5.41, 5.74) is 2.00. The molecule has 0 amide bonds. The molecule has 3 atom stereocenters. The Morgan fingerprint density at radius 2 is 2.00 bits per heavy atom. The first-order valence-corrected chi connectivity index (χ1v) is 7.66. The van der Waals surface area contributed by atoms with Crippen molar-refractivity contribution in [3.63, 3.8) is 0 Å². The molecule has 0 spiro atoms. The Bertz CT molecular complexity index is 413. The second-order valence-corrected chi connectivity index (χ2v) is 6.06. The third kappa shape index (κ3) is 2.62. The van der Waals surface area contributed by atoms with Gasteiger partial charge in [-0.25, -0.2) is 0 Å². The van der Waals surface area contributed by atoms with E-state index < -0.39 is 6.10 Å². The molecule has 3 heteroatoms. The van der Waals surface area contributed by atoms with E-state index >= 15 is 0 Å². The van der Waals surface area contributed by atoms with Gasteiger partial charge in [0.2, 0.25) is 0 Å². The summed E-state index contributed by atoms with van der Waals surface area (Å²) in [5, 5.41) is 9.54. The fraction of sp³-hybridized carbons (Fsp3) is 0.688. The van der Waals surface area contributed by atoms with E-state index in [4.69, 9.17) is 0 Å². The van der Waals surface area contributed by atoms with Gasteiger partial charge in [-0.05, 0) is 50.7 Å². The molecule has 1 N–H and O–H groups in total. The quantitative estimate of drug-likeness (QED) is 0.886. The maximum absolute atomic E-state index is 9.54. The van der Waals surface area contributed by atoms with Crippen LogP contribution in [-0.4, -0.2) is 22.7 Å². The van der Waals surface area contributed by atoms with Gasteiger partial charge in [-0.3, -0.25) is 4.98 Å². The average Bonchev–Trinajstić information content (AvgIpc) is 2.47. The number of anilines is 1. The molecule has 104 valence electrons. The molecule has 1 saturated carbocycles. The Kier molecular flexibility index (Phi) is 3.74. The van der Waals surface area contributed by atoms with Gasteiger partial charge in [0.05, 0.1) is 23.7 Å². The van der Waals surface area contributed by atoms with Crippen LogP contribution >= 0.6 is 0 Å². The molecule has 0 unspecified atom stereocenters. The Morgan fingerprint density at radius 1 is 1.21 bits per heavy atom. The van der Waals surface area contributed by atoms with Crippen molar-refractivity contribution in [2.75, 3.05) is 11.4 Å². The number of fused-ring (bicyclic) bond motifs is 1. The van der Waals surface area contributed by atoms with Gasteiger partial charge in [-0.1, -0.05) is 12.8 Å². The number of rotatable bonds is 2. The second kappa shape index (κ2) is 5.49. The molecular formula is C16H24N2O. The van der Waals surface area contributed by atoms with Crippen LogP contribution in [0.15, 0.2) is 18.3 Å². The molecule has 2 fully saturated rings. The lowest BCUT2D eigenvalue weighted by atomic mass is 9.78. The minimum atomic E-state index is -0.474. The maximum Gasteiger partial charge on any atom is 0.0931 e. The molecule has 0 bridgehead atoms. The number of aliphatic hydroxyl groups is 1. The zero-order valence-corrected chi connectivity index (χ0v) is 11.8. The SMILES string of the molecule is C[C@H](O)c1ccc(N2CCC[C@H]3CCCC[C@H]32)cn1. The van der Waals surface area contributed by atoms with Crippen LogP contribution in [0, 0.1) is 5.92 Å². The lowest BCUT2D eigenvalue weighted by molar-refractivity contribution is 0.194. The van der Waals surface area contributed by atoms with E-state index in [9.17, 15) is 5.11 Å². The monoisotopic (exact) mass is 260 g/mol. The highest BCUT2D eigenvalue weighted by Crippen LogP contribution is 2.37. The molecule has 2 aliphatic rings. The Labute approximate surface area is 115 Å². The van der Waals surface area contributed by atoms with Gasteiger partial charge >= 0.3 is 0 Å². The van der Waals surface area contributed by atoms with Crippen molar-refractivity contribution >= 4 is 5.69 Å². The zero-order valence-electron chi connectivity index (χ0n) is 11.8. The molecule has 1 aliphatic carbocycles. The van der Waals surface area contributed by atoms with Crippen LogP contribution in [0.1, 0.15) is 57.2 Å². The van der Waals surface area contributed by atoms with Crippen molar-refractivity contribution in [2.24, 2.45) is 5.92 Å². The molecule has 1 saturated heterocycles. The highest BCUT2D eigenvalue weighted by molar-refractivity contribution is 5.46. The minimum Gasteiger partial charge on any atom is -0.387 e. The van der Waals surface area contributed by atoms with E-state index in [-0.39, 0.29) is 0 Å². The first-order valence-electron chi connectivity index (χ1n) is 7.66. The predicted octanol–water partition coefficient (Wildman–Crippen LogP) is 3.29. The van der Waals surface area contributed by atoms with E-state index in [2.05, 4.69) is 16.0 Å². The number of aliphatic hydroxyl groups excluding tert-OH is 1. The lowest BCUT2D eigenvalue weighted by Gasteiger charge is -2.45. The summed E-state index contributed by atoms with van der Waals surface area (Å²) in [4.78, 5) is 6.96. The first kappa shape index (κ1) is 12.9. The van der Waals surface area contributed by atoms with Crippen LogP contribution in [0.5, 0.6) is 0 Å². The molecule has 2 heterocycles. The van der Waals surface area contributed by atoms with Gasteiger partial charge in [0.15, 0.2) is 0 Å². The number of nitrogens with zero attached hydrogens (tertiary/aromatic N) is 2. The molecule has 0 aromatic carbocycles. The topological polar surface area (TPSA) is 36.4 Å². The number of piperidine rings is 1. The molecule has 1 aliphatic heterocycles. The van der Waals surface area contributed by atoms with Crippen molar-refractivity contribution < 1.29 is 5.11 Å². The molecule has 3 rings (SSSR count). The van der Waals surface area contributed by atoms with E-state index in [1.165, 1.54) is 44.2 Å². The molecular weight excluding hydrogens is 236 g/mol. The molecule has 0 radical (unpaired) electrons. The van der Waals surface area contributed by atoms with Crippen LogP contribution in [0.4, 0.5) is 5.69 Å². The van der Waals surface area contributed by atoms with Crippen molar-refractivity contribution in [3.8, 4) is 0 Å². The summed E-state index contributed by atoms with van der Waals surface area (Å²) in [6.07, 6.45) is 9.70. The van der Waals surface area contributed by atoms with E-state index in [1.54, 1.807) is 6.92 Å². The van der Waals surface area contributed by atoms with Crippen molar-refractivity contribution in [2.45, 2.75) is 57.6 Å².